The average molecular weight is 474 g/mol. The second-order valence-corrected chi connectivity index (χ2v) is 7.70. The Morgan fingerprint density at radius 3 is 2.47 bits per heavy atom. The third kappa shape index (κ3) is 4.94. The van der Waals surface area contributed by atoms with Gasteiger partial charge in [0, 0.05) is 15.7 Å². The van der Waals surface area contributed by atoms with Crippen LogP contribution in [0.4, 0.5) is 10.1 Å². The van der Waals surface area contributed by atoms with Gasteiger partial charge in [0.25, 0.3) is 5.91 Å². The first-order valence-corrected chi connectivity index (χ1v) is 10.2. The molecule has 30 heavy (non-hydrogen) atoms. The number of benzene rings is 2. The number of esters is 1. The second-order valence-electron chi connectivity index (χ2n) is 6.79. The van der Waals surface area contributed by atoms with E-state index >= 15 is 0 Å². The van der Waals surface area contributed by atoms with Crippen LogP contribution in [0, 0.1) is 19.7 Å². The van der Waals surface area contributed by atoms with Crippen LogP contribution >= 0.6 is 15.9 Å². The summed E-state index contributed by atoms with van der Waals surface area (Å²) in [6, 6.07) is 11.0. The van der Waals surface area contributed by atoms with Crippen molar-refractivity contribution in [1.82, 2.24) is 9.97 Å². The Balaban J connectivity index is 1.67. The number of aromatic nitrogens is 2. The van der Waals surface area contributed by atoms with Crippen LogP contribution in [0.15, 0.2) is 46.9 Å². The molecule has 1 unspecified atom stereocenters. The van der Waals surface area contributed by atoms with Crippen molar-refractivity contribution in [3.63, 3.8) is 0 Å². The van der Waals surface area contributed by atoms with Gasteiger partial charge in [0.2, 0.25) is 0 Å². The minimum absolute atomic E-state index is 0.0195. The number of hydrogen-bond donors (Lipinski definition) is 2. The molecule has 2 N–H and O–H groups in total. The zero-order valence-corrected chi connectivity index (χ0v) is 18.3. The molecule has 0 spiro atoms. The fourth-order valence-electron chi connectivity index (χ4n) is 2.77. The molecule has 156 valence electrons. The molecule has 0 aliphatic heterocycles. The molecule has 0 radical (unpaired) electrons. The summed E-state index contributed by atoms with van der Waals surface area (Å²) in [7, 11) is 0. The van der Waals surface area contributed by atoms with E-state index in [1.54, 1.807) is 37.3 Å². The van der Waals surface area contributed by atoms with Crippen LogP contribution in [0.25, 0.3) is 11.4 Å². The first kappa shape index (κ1) is 21.7. The Morgan fingerprint density at radius 2 is 1.90 bits per heavy atom. The van der Waals surface area contributed by atoms with Crippen LogP contribution in [0.1, 0.15) is 35.1 Å². The Bertz CT molecular complexity index is 1060. The van der Waals surface area contributed by atoms with Crippen molar-refractivity contribution in [2.24, 2.45) is 0 Å². The van der Waals surface area contributed by atoms with Crippen molar-refractivity contribution in [1.29, 1.82) is 0 Å². The third-order valence-electron chi connectivity index (χ3n) is 4.62. The molecule has 0 saturated carbocycles. The predicted octanol–water partition coefficient (Wildman–Crippen LogP) is 5.17. The number of ether oxygens (including phenoxy) is 1. The Hall–Kier alpha value is -3.00. The maximum atomic E-state index is 13.9. The molecule has 1 heterocycles. The molecule has 1 atom stereocenters. The van der Waals surface area contributed by atoms with E-state index in [-0.39, 0.29) is 12.1 Å². The molecule has 0 aliphatic carbocycles. The standard InChI is InChI=1S/C22H21BrFN3O3/c1-4-19(21(28)27-18-10-9-16(23)11-17(18)24)30-22(29)15-7-5-14(6-8-15)20-25-12(2)13(3)26-20/h5-11,19H,4H2,1-3H3,(H,25,26)(H,27,28). The number of carbonyl (C=O) groups excluding carboxylic acids is 2. The lowest BCUT2D eigenvalue weighted by Gasteiger charge is -2.16. The molecular weight excluding hydrogens is 453 g/mol. The summed E-state index contributed by atoms with van der Waals surface area (Å²) in [5.41, 5.74) is 3.05. The van der Waals surface area contributed by atoms with Crippen LogP contribution in [-0.4, -0.2) is 27.9 Å². The number of aryl methyl sites for hydroxylation is 2. The van der Waals surface area contributed by atoms with Crippen molar-refractivity contribution in [3.8, 4) is 11.4 Å². The van der Waals surface area contributed by atoms with E-state index in [0.29, 0.717) is 15.9 Å². The minimum Gasteiger partial charge on any atom is -0.449 e. The summed E-state index contributed by atoms with van der Waals surface area (Å²) in [5, 5.41) is 2.46. The van der Waals surface area contributed by atoms with Crippen LogP contribution in [-0.2, 0) is 9.53 Å². The topological polar surface area (TPSA) is 84.1 Å². The van der Waals surface area contributed by atoms with Gasteiger partial charge in [-0.25, -0.2) is 14.2 Å². The van der Waals surface area contributed by atoms with Crippen LogP contribution in [0.3, 0.4) is 0 Å². The van der Waals surface area contributed by atoms with Crippen molar-refractivity contribution in [3.05, 3.63) is 69.7 Å². The highest BCUT2D eigenvalue weighted by Crippen LogP contribution is 2.21. The number of rotatable bonds is 6. The van der Waals surface area contributed by atoms with Gasteiger partial charge in [-0.2, -0.15) is 0 Å². The zero-order chi connectivity index (χ0) is 21.8. The Morgan fingerprint density at radius 1 is 1.20 bits per heavy atom. The monoisotopic (exact) mass is 473 g/mol. The number of anilines is 1. The van der Waals surface area contributed by atoms with Crippen molar-refractivity contribution in [2.75, 3.05) is 5.32 Å². The van der Waals surface area contributed by atoms with E-state index in [0.717, 1.165) is 17.0 Å². The number of nitrogens with one attached hydrogen (secondary N) is 2. The highest BCUT2D eigenvalue weighted by Gasteiger charge is 2.23. The van der Waals surface area contributed by atoms with Crippen LogP contribution in [0.2, 0.25) is 0 Å². The summed E-state index contributed by atoms with van der Waals surface area (Å²) in [5.74, 6) is -1.10. The van der Waals surface area contributed by atoms with E-state index in [1.165, 1.54) is 12.1 Å². The van der Waals surface area contributed by atoms with Crippen molar-refractivity contribution in [2.45, 2.75) is 33.3 Å². The van der Waals surface area contributed by atoms with Gasteiger partial charge < -0.3 is 15.0 Å². The molecular formula is C22H21BrFN3O3. The van der Waals surface area contributed by atoms with Gasteiger partial charge in [0.1, 0.15) is 11.6 Å². The smallest absolute Gasteiger partial charge is 0.338 e. The number of hydrogen-bond acceptors (Lipinski definition) is 4. The normalized spacial score (nSPS) is 11.8. The average Bonchev–Trinajstić information content (AvgIpc) is 3.06. The SMILES string of the molecule is CCC(OC(=O)c1ccc(-c2nc(C)c(C)[nH]2)cc1)C(=O)Nc1ccc(Br)cc1F. The molecule has 3 aromatic rings. The molecule has 3 rings (SSSR count). The second kappa shape index (κ2) is 9.21. The lowest BCUT2D eigenvalue weighted by Crippen LogP contribution is -2.32. The number of halogens is 2. The van der Waals surface area contributed by atoms with E-state index < -0.39 is 23.8 Å². The van der Waals surface area contributed by atoms with Crippen molar-refractivity contribution >= 4 is 33.5 Å². The van der Waals surface area contributed by atoms with Gasteiger partial charge in [-0.3, -0.25) is 4.79 Å². The van der Waals surface area contributed by atoms with Gasteiger partial charge in [-0.15, -0.1) is 0 Å². The molecule has 0 bridgehead atoms. The van der Waals surface area contributed by atoms with Gasteiger partial charge in [0.05, 0.1) is 16.9 Å². The molecule has 0 aliphatic rings. The van der Waals surface area contributed by atoms with Gasteiger partial charge >= 0.3 is 5.97 Å². The van der Waals surface area contributed by atoms with Crippen molar-refractivity contribution < 1.29 is 18.7 Å². The van der Waals surface area contributed by atoms with Gasteiger partial charge in [-0.05, 0) is 50.6 Å². The zero-order valence-electron chi connectivity index (χ0n) is 16.8. The quantitative estimate of drug-likeness (QED) is 0.483. The summed E-state index contributed by atoms with van der Waals surface area (Å²) in [6.45, 7) is 5.56. The Labute approximate surface area is 182 Å². The highest BCUT2D eigenvalue weighted by atomic mass is 79.9. The van der Waals surface area contributed by atoms with E-state index in [4.69, 9.17) is 4.74 Å². The van der Waals surface area contributed by atoms with Crippen LogP contribution < -0.4 is 5.32 Å². The van der Waals surface area contributed by atoms with E-state index in [1.807, 2.05) is 13.8 Å². The van der Waals surface area contributed by atoms with E-state index in [2.05, 4.69) is 31.2 Å². The summed E-state index contributed by atoms with van der Waals surface area (Å²) in [6.07, 6.45) is -0.797. The molecule has 0 fully saturated rings. The third-order valence-corrected chi connectivity index (χ3v) is 5.12. The molecule has 6 nitrogen and oxygen atoms in total. The number of H-pyrrole nitrogens is 1. The first-order chi connectivity index (χ1) is 14.3. The lowest BCUT2D eigenvalue weighted by atomic mass is 10.1. The number of carbonyl (C=O) groups is 2. The molecule has 1 aromatic heterocycles. The predicted molar refractivity (Wildman–Crippen MR) is 116 cm³/mol. The van der Waals surface area contributed by atoms with Crippen LogP contribution in [0.5, 0.6) is 0 Å². The van der Waals surface area contributed by atoms with E-state index in [9.17, 15) is 14.0 Å². The Kier molecular flexibility index (Phi) is 6.66. The van der Waals surface area contributed by atoms with Gasteiger partial charge in [-0.1, -0.05) is 35.0 Å². The number of amides is 1. The van der Waals surface area contributed by atoms with Gasteiger partial charge in [0.15, 0.2) is 6.10 Å². The summed E-state index contributed by atoms with van der Waals surface area (Å²) in [4.78, 5) is 32.5. The lowest BCUT2D eigenvalue weighted by molar-refractivity contribution is -0.124. The number of aromatic amines is 1. The number of nitrogens with zero attached hydrogens (tertiary/aromatic N) is 1. The highest BCUT2D eigenvalue weighted by molar-refractivity contribution is 9.10. The molecule has 0 saturated heterocycles. The molecule has 1 amide bonds. The largest absolute Gasteiger partial charge is 0.449 e. The minimum atomic E-state index is -1.05. The molecule has 8 heteroatoms. The maximum Gasteiger partial charge on any atom is 0.338 e. The number of imidazole rings is 1. The summed E-state index contributed by atoms with van der Waals surface area (Å²) < 4.78 is 19.9. The fraction of sp³-hybridized carbons (Fsp3) is 0.227. The fourth-order valence-corrected chi connectivity index (χ4v) is 3.11. The first-order valence-electron chi connectivity index (χ1n) is 9.39. The molecule has 2 aromatic carbocycles. The maximum absolute atomic E-state index is 13.9. The summed E-state index contributed by atoms with van der Waals surface area (Å²) >= 11 is 3.16.